The summed E-state index contributed by atoms with van der Waals surface area (Å²) in [4.78, 5) is 10.4. The third kappa shape index (κ3) is 2.89. The standard InChI is InChI=1S/C12H16N2O4/c1-17-12-3-2-10(14(15)16)8-11(12)13-9-4-6-18-7-5-9/h2-3,8-9,13H,4-7H2,1H3. The Kier molecular flexibility index (Phi) is 3.99. The van der Waals surface area contributed by atoms with Crippen molar-refractivity contribution in [3.8, 4) is 5.75 Å². The number of nitrogens with one attached hydrogen (secondary N) is 1. The molecule has 1 fully saturated rings. The molecule has 1 aliphatic heterocycles. The highest BCUT2D eigenvalue weighted by atomic mass is 16.6. The van der Waals surface area contributed by atoms with Crippen LogP contribution in [-0.2, 0) is 4.74 Å². The highest BCUT2D eigenvalue weighted by molar-refractivity contribution is 5.62. The zero-order valence-electron chi connectivity index (χ0n) is 10.2. The summed E-state index contributed by atoms with van der Waals surface area (Å²) in [6.07, 6.45) is 1.79. The molecule has 0 saturated carbocycles. The Balaban J connectivity index is 2.17. The van der Waals surface area contributed by atoms with Crippen molar-refractivity contribution in [2.24, 2.45) is 0 Å². The predicted octanol–water partition coefficient (Wildman–Crippen LogP) is 2.19. The molecule has 6 heteroatoms. The van der Waals surface area contributed by atoms with E-state index in [2.05, 4.69) is 5.32 Å². The van der Waals surface area contributed by atoms with Crippen LogP contribution in [0.1, 0.15) is 12.8 Å². The Morgan fingerprint density at radius 3 is 2.78 bits per heavy atom. The number of rotatable bonds is 4. The number of methoxy groups -OCH3 is 1. The van der Waals surface area contributed by atoms with Gasteiger partial charge in [0.2, 0.25) is 0 Å². The molecule has 1 N–H and O–H groups in total. The van der Waals surface area contributed by atoms with Gasteiger partial charge in [-0.15, -0.1) is 0 Å². The lowest BCUT2D eigenvalue weighted by Gasteiger charge is -2.24. The molecule has 18 heavy (non-hydrogen) atoms. The van der Waals surface area contributed by atoms with E-state index in [0.717, 1.165) is 26.1 Å². The van der Waals surface area contributed by atoms with E-state index in [4.69, 9.17) is 9.47 Å². The van der Waals surface area contributed by atoms with Gasteiger partial charge in [-0.1, -0.05) is 0 Å². The van der Waals surface area contributed by atoms with Crippen molar-refractivity contribution in [3.63, 3.8) is 0 Å². The van der Waals surface area contributed by atoms with Crippen LogP contribution in [0.15, 0.2) is 18.2 Å². The molecule has 1 aliphatic rings. The summed E-state index contributed by atoms with van der Waals surface area (Å²) in [6, 6.07) is 4.83. The van der Waals surface area contributed by atoms with Gasteiger partial charge in [0, 0.05) is 31.4 Å². The molecule has 1 saturated heterocycles. The second kappa shape index (κ2) is 5.68. The average Bonchev–Trinajstić information content (AvgIpc) is 2.39. The lowest BCUT2D eigenvalue weighted by atomic mass is 10.1. The third-order valence-corrected chi connectivity index (χ3v) is 2.97. The van der Waals surface area contributed by atoms with E-state index in [1.54, 1.807) is 13.2 Å². The van der Waals surface area contributed by atoms with Crippen molar-refractivity contribution < 1.29 is 14.4 Å². The fourth-order valence-electron chi connectivity index (χ4n) is 1.98. The van der Waals surface area contributed by atoms with Crippen LogP contribution in [0.5, 0.6) is 5.75 Å². The van der Waals surface area contributed by atoms with Gasteiger partial charge in [-0.3, -0.25) is 10.1 Å². The van der Waals surface area contributed by atoms with Crippen LogP contribution in [0.2, 0.25) is 0 Å². The predicted molar refractivity (Wildman–Crippen MR) is 67.1 cm³/mol. The maximum atomic E-state index is 10.8. The van der Waals surface area contributed by atoms with Gasteiger partial charge in [-0.05, 0) is 18.9 Å². The van der Waals surface area contributed by atoms with E-state index in [1.807, 2.05) is 0 Å². The molecule has 2 rings (SSSR count). The molecule has 0 amide bonds. The van der Waals surface area contributed by atoms with Crippen molar-refractivity contribution in [3.05, 3.63) is 28.3 Å². The largest absolute Gasteiger partial charge is 0.495 e. The number of benzene rings is 1. The Morgan fingerprint density at radius 1 is 1.44 bits per heavy atom. The first-order valence-corrected chi connectivity index (χ1v) is 5.87. The number of nitro groups is 1. The molecule has 0 bridgehead atoms. The molecule has 0 radical (unpaired) electrons. The molecule has 0 aromatic heterocycles. The van der Waals surface area contributed by atoms with Crippen molar-refractivity contribution in [2.75, 3.05) is 25.6 Å². The van der Waals surface area contributed by atoms with E-state index in [-0.39, 0.29) is 11.7 Å². The van der Waals surface area contributed by atoms with E-state index >= 15 is 0 Å². The molecule has 0 aliphatic carbocycles. The quantitative estimate of drug-likeness (QED) is 0.656. The van der Waals surface area contributed by atoms with Gasteiger partial charge in [0.05, 0.1) is 17.7 Å². The highest BCUT2D eigenvalue weighted by Crippen LogP contribution is 2.30. The summed E-state index contributed by atoms with van der Waals surface area (Å²) < 4.78 is 10.5. The van der Waals surface area contributed by atoms with Crippen molar-refractivity contribution in [1.82, 2.24) is 0 Å². The zero-order chi connectivity index (χ0) is 13.0. The summed E-state index contributed by atoms with van der Waals surface area (Å²) in [7, 11) is 1.55. The van der Waals surface area contributed by atoms with Gasteiger partial charge < -0.3 is 14.8 Å². The SMILES string of the molecule is COc1ccc([N+](=O)[O-])cc1NC1CCOCC1. The minimum absolute atomic E-state index is 0.0605. The minimum atomic E-state index is -0.408. The number of nitrogens with zero attached hydrogens (tertiary/aromatic N) is 1. The number of hydrogen-bond donors (Lipinski definition) is 1. The van der Waals surface area contributed by atoms with Crippen LogP contribution in [0.3, 0.4) is 0 Å². The molecule has 0 spiro atoms. The van der Waals surface area contributed by atoms with Crippen LogP contribution < -0.4 is 10.1 Å². The number of non-ortho nitro benzene ring substituents is 1. The molecule has 1 aromatic carbocycles. The molecule has 6 nitrogen and oxygen atoms in total. The van der Waals surface area contributed by atoms with E-state index in [9.17, 15) is 10.1 Å². The topological polar surface area (TPSA) is 73.6 Å². The lowest BCUT2D eigenvalue weighted by Crippen LogP contribution is -2.28. The summed E-state index contributed by atoms with van der Waals surface area (Å²) >= 11 is 0. The van der Waals surface area contributed by atoms with Crippen molar-refractivity contribution >= 4 is 11.4 Å². The molecule has 1 aromatic rings. The van der Waals surface area contributed by atoms with Crippen LogP contribution >= 0.6 is 0 Å². The minimum Gasteiger partial charge on any atom is -0.495 e. The highest BCUT2D eigenvalue weighted by Gasteiger charge is 2.17. The average molecular weight is 252 g/mol. The van der Waals surface area contributed by atoms with Gasteiger partial charge in [0.15, 0.2) is 0 Å². The number of ether oxygens (including phenoxy) is 2. The van der Waals surface area contributed by atoms with Gasteiger partial charge in [0.25, 0.3) is 5.69 Å². The Morgan fingerprint density at radius 2 is 2.17 bits per heavy atom. The first-order chi connectivity index (χ1) is 8.70. The Bertz CT molecular complexity index is 430. The van der Waals surface area contributed by atoms with Crippen LogP contribution in [-0.4, -0.2) is 31.3 Å². The Labute approximate surface area is 105 Å². The lowest BCUT2D eigenvalue weighted by molar-refractivity contribution is -0.384. The van der Waals surface area contributed by atoms with Crippen LogP contribution in [0, 0.1) is 10.1 Å². The maximum Gasteiger partial charge on any atom is 0.271 e. The second-order valence-corrected chi connectivity index (χ2v) is 4.17. The van der Waals surface area contributed by atoms with Crippen LogP contribution in [0.25, 0.3) is 0 Å². The molecule has 0 atom stereocenters. The fourth-order valence-corrected chi connectivity index (χ4v) is 1.98. The first-order valence-electron chi connectivity index (χ1n) is 5.87. The van der Waals surface area contributed by atoms with E-state index in [0.29, 0.717) is 11.4 Å². The summed E-state index contributed by atoms with van der Waals surface area (Å²) in [6.45, 7) is 1.43. The molecular formula is C12H16N2O4. The van der Waals surface area contributed by atoms with Gasteiger partial charge >= 0.3 is 0 Å². The normalized spacial score (nSPS) is 16.3. The fraction of sp³-hybridized carbons (Fsp3) is 0.500. The molecular weight excluding hydrogens is 236 g/mol. The van der Waals surface area contributed by atoms with Gasteiger partial charge in [-0.25, -0.2) is 0 Å². The number of anilines is 1. The number of hydrogen-bond acceptors (Lipinski definition) is 5. The molecule has 1 heterocycles. The van der Waals surface area contributed by atoms with E-state index < -0.39 is 4.92 Å². The Hall–Kier alpha value is -1.82. The first kappa shape index (κ1) is 12.6. The summed E-state index contributed by atoms with van der Waals surface area (Å²) in [5.41, 5.74) is 0.726. The number of nitro benzene ring substituents is 1. The van der Waals surface area contributed by atoms with Crippen molar-refractivity contribution in [2.45, 2.75) is 18.9 Å². The zero-order valence-corrected chi connectivity index (χ0v) is 10.2. The van der Waals surface area contributed by atoms with Crippen molar-refractivity contribution in [1.29, 1.82) is 0 Å². The summed E-state index contributed by atoms with van der Waals surface area (Å²) in [5, 5.41) is 14.0. The maximum absolute atomic E-state index is 10.8. The third-order valence-electron chi connectivity index (χ3n) is 2.97. The van der Waals surface area contributed by atoms with Gasteiger partial charge in [0.1, 0.15) is 5.75 Å². The molecule has 98 valence electrons. The molecule has 0 unspecified atom stereocenters. The van der Waals surface area contributed by atoms with E-state index in [1.165, 1.54) is 12.1 Å². The monoisotopic (exact) mass is 252 g/mol. The smallest absolute Gasteiger partial charge is 0.271 e. The summed E-state index contributed by atoms with van der Waals surface area (Å²) in [5.74, 6) is 0.618. The van der Waals surface area contributed by atoms with Gasteiger partial charge in [-0.2, -0.15) is 0 Å². The second-order valence-electron chi connectivity index (χ2n) is 4.17. The van der Waals surface area contributed by atoms with Crippen LogP contribution in [0.4, 0.5) is 11.4 Å².